The van der Waals surface area contributed by atoms with Crippen molar-refractivity contribution in [3.8, 4) is 11.5 Å². The summed E-state index contributed by atoms with van der Waals surface area (Å²) < 4.78 is 11.7. The van der Waals surface area contributed by atoms with Crippen LogP contribution in [0, 0.1) is 5.92 Å². The highest BCUT2D eigenvalue weighted by atomic mass is 16.5. The molecule has 5 nitrogen and oxygen atoms in total. The number of benzene rings is 3. The first-order chi connectivity index (χ1) is 18.0. The van der Waals surface area contributed by atoms with Crippen LogP contribution in [0.4, 0.5) is 0 Å². The summed E-state index contributed by atoms with van der Waals surface area (Å²) in [5.74, 6) is -0.197. The highest BCUT2D eigenvalue weighted by Gasteiger charge is 2.24. The Hall–Kier alpha value is -3.34. The summed E-state index contributed by atoms with van der Waals surface area (Å²) >= 11 is 0. The predicted molar refractivity (Wildman–Crippen MR) is 147 cm³/mol. The average molecular weight is 503 g/mol. The molecule has 0 amide bonds. The molecule has 0 radical (unpaired) electrons. The molecule has 196 valence electrons. The lowest BCUT2D eigenvalue weighted by molar-refractivity contribution is -0.142. The molecule has 0 saturated heterocycles. The SMILES string of the molecule is CCCCCCCCCCOc1ccc2c(C(=O)Oc3ccc4c(c3)CCC(C(=O)O)C4)cccc2c1. The van der Waals surface area contributed by atoms with Crippen LogP contribution < -0.4 is 9.47 Å². The molecule has 3 aromatic rings. The van der Waals surface area contributed by atoms with Gasteiger partial charge < -0.3 is 14.6 Å². The van der Waals surface area contributed by atoms with Crippen molar-refractivity contribution in [3.63, 3.8) is 0 Å². The highest BCUT2D eigenvalue weighted by Crippen LogP contribution is 2.30. The largest absolute Gasteiger partial charge is 0.494 e. The standard InChI is InChI=1S/C32H38O5/c1-2-3-4-5-6-7-8-9-19-36-27-17-18-29-25(22-27)11-10-12-30(29)32(35)37-28-16-15-23-20-26(31(33)34)14-13-24(23)21-28/h10-12,15-18,21-22,26H,2-9,13-14,19-20H2,1H3,(H,33,34). The van der Waals surface area contributed by atoms with Crippen LogP contribution in [0.1, 0.15) is 86.2 Å². The minimum Gasteiger partial charge on any atom is -0.494 e. The number of rotatable bonds is 13. The third-order valence-corrected chi connectivity index (χ3v) is 7.30. The van der Waals surface area contributed by atoms with Gasteiger partial charge >= 0.3 is 11.9 Å². The number of carbonyl (C=O) groups is 2. The molecule has 1 atom stereocenters. The van der Waals surface area contributed by atoms with Gasteiger partial charge in [-0.05, 0) is 84.0 Å². The van der Waals surface area contributed by atoms with Crippen LogP contribution in [0.5, 0.6) is 11.5 Å². The van der Waals surface area contributed by atoms with Gasteiger partial charge in [0.05, 0.1) is 18.1 Å². The second-order valence-electron chi connectivity index (χ2n) is 10.1. The number of aryl methyl sites for hydroxylation is 1. The Morgan fingerprint density at radius 3 is 2.41 bits per heavy atom. The molecule has 1 aliphatic rings. The van der Waals surface area contributed by atoms with E-state index in [0.717, 1.165) is 34.1 Å². The van der Waals surface area contributed by atoms with Crippen molar-refractivity contribution in [2.24, 2.45) is 5.92 Å². The normalized spacial score (nSPS) is 14.8. The minimum atomic E-state index is -0.751. The molecular weight excluding hydrogens is 464 g/mol. The first-order valence-corrected chi connectivity index (χ1v) is 13.8. The average Bonchev–Trinajstić information content (AvgIpc) is 2.91. The molecular formula is C32H38O5. The van der Waals surface area contributed by atoms with Gasteiger partial charge in [0.2, 0.25) is 0 Å². The third kappa shape index (κ3) is 7.34. The van der Waals surface area contributed by atoms with Gasteiger partial charge in [-0.15, -0.1) is 0 Å². The van der Waals surface area contributed by atoms with Crippen molar-refractivity contribution in [1.29, 1.82) is 0 Å². The van der Waals surface area contributed by atoms with Gasteiger partial charge in [0.15, 0.2) is 0 Å². The van der Waals surface area contributed by atoms with E-state index in [-0.39, 0.29) is 5.92 Å². The Morgan fingerprint density at radius 2 is 1.62 bits per heavy atom. The Kier molecular flexibility index (Phi) is 9.58. The lowest BCUT2D eigenvalue weighted by Crippen LogP contribution is -2.22. The Labute approximate surface area is 219 Å². The molecule has 3 aromatic carbocycles. The van der Waals surface area contributed by atoms with Gasteiger partial charge in [0, 0.05) is 0 Å². The number of hydrogen-bond acceptors (Lipinski definition) is 4. The summed E-state index contributed by atoms with van der Waals surface area (Å²) in [4.78, 5) is 24.4. The van der Waals surface area contributed by atoms with Crippen molar-refractivity contribution in [3.05, 3.63) is 71.3 Å². The van der Waals surface area contributed by atoms with Crippen LogP contribution >= 0.6 is 0 Å². The smallest absolute Gasteiger partial charge is 0.344 e. The molecule has 37 heavy (non-hydrogen) atoms. The van der Waals surface area contributed by atoms with Crippen LogP contribution in [-0.4, -0.2) is 23.7 Å². The topological polar surface area (TPSA) is 72.8 Å². The van der Waals surface area contributed by atoms with Gasteiger partial charge in [0.25, 0.3) is 0 Å². The van der Waals surface area contributed by atoms with Crippen molar-refractivity contribution >= 4 is 22.7 Å². The maximum atomic E-state index is 13.0. The van der Waals surface area contributed by atoms with Crippen LogP contribution in [0.25, 0.3) is 10.8 Å². The molecule has 0 saturated carbocycles. The molecule has 0 spiro atoms. The molecule has 4 rings (SSSR count). The molecule has 0 heterocycles. The number of aliphatic carboxylic acids is 1. The van der Waals surface area contributed by atoms with Gasteiger partial charge in [0.1, 0.15) is 11.5 Å². The van der Waals surface area contributed by atoms with Crippen LogP contribution in [0.15, 0.2) is 54.6 Å². The highest BCUT2D eigenvalue weighted by molar-refractivity contribution is 6.05. The quantitative estimate of drug-likeness (QED) is 0.147. The maximum Gasteiger partial charge on any atom is 0.344 e. The fraction of sp³-hybridized carbons (Fsp3) is 0.438. The summed E-state index contributed by atoms with van der Waals surface area (Å²) in [7, 11) is 0. The number of ether oxygens (including phenoxy) is 2. The number of fused-ring (bicyclic) bond motifs is 2. The maximum absolute atomic E-state index is 13.0. The minimum absolute atomic E-state index is 0.342. The van der Waals surface area contributed by atoms with Gasteiger partial charge in [-0.3, -0.25) is 4.79 Å². The predicted octanol–water partition coefficient (Wildman–Crippen LogP) is 7.77. The van der Waals surface area contributed by atoms with Crippen molar-refractivity contribution in [1.82, 2.24) is 0 Å². The summed E-state index contributed by atoms with van der Waals surface area (Å²) in [6.07, 6.45) is 11.9. The van der Waals surface area contributed by atoms with E-state index in [0.29, 0.717) is 37.2 Å². The zero-order valence-electron chi connectivity index (χ0n) is 21.8. The van der Waals surface area contributed by atoms with Crippen molar-refractivity contribution in [2.75, 3.05) is 6.61 Å². The van der Waals surface area contributed by atoms with Crippen LogP contribution in [0.3, 0.4) is 0 Å². The van der Waals surface area contributed by atoms with E-state index in [9.17, 15) is 14.7 Å². The second-order valence-corrected chi connectivity index (χ2v) is 10.1. The molecule has 0 fully saturated rings. The van der Waals surface area contributed by atoms with E-state index in [2.05, 4.69) is 6.92 Å². The van der Waals surface area contributed by atoms with Gasteiger partial charge in [-0.1, -0.05) is 70.1 Å². The third-order valence-electron chi connectivity index (χ3n) is 7.30. The van der Waals surface area contributed by atoms with E-state index in [1.54, 1.807) is 12.1 Å². The zero-order chi connectivity index (χ0) is 26.0. The van der Waals surface area contributed by atoms with Crippen molar-refractivity contribution < 1.29 is 24.2 Å². The first kappa shape index (κ1) is 26.7. The van der Waals surface area contributed by atoms with Crippen LogP contribution in [-0.2, 0) is 17.6 Å². The molecule has 1 aliphatic carbocycles. The molecule has 5 heteroatoms. The van der Waals surface area contributed by atoms with E-state index in [1.807, 2.05) is 42.5 Å². The molecule has 1 unspecified atom stereocenters. The first-order valence-electron chi connectivity index (χ1n) is 13.8. The van der Waals surface area contributed by atoms with Crippen LogP contribution in [0.2, 0.25) is 0 Å². The number of unbranched alkanes of at least 4 members (excludes halogenated alkanes) is 7. The van der Waals surface area contributed by atoms with E-state index in [4.69, 9.17) is 9.47 Å². The Morgan fingerprint density at radius 1 is 0.865 bits per heavy atom. The summed E-state index contributed by atoms with van der Waals surface area (Å²) in [5.41, 5.74) is 2.58. The molecule has 0 aromatic heterocycles. The number of carbonyl (C=O) groups excluding carboxylic acids is 1. The zero-order valence-corrected chi connectivity index (χ0v) is 21.8. The lowest BCUT2D eigenvalue weighted by Gasteiger charge is -2.22. The summed E-state index contributed by atoms with van der Waals surface area (Å²) in [5, 5.41) is 11.1. The molecule has 0 bridgehead atoms. The second kappa shape index (κ2) is 13.3. The monoisotopic (exact) mass is 502 g/mol. The molecule has 1 N–H and O–H groups in total. The van der Waals surface area contributed by atoms with E-state index >= 15 is 0 Å². The fourth-order valence-corrected chi connectivity index (χ4v) is 5.12. The van der Waals surface area contributed by atoms with E-state index in [1.165, 1.54) is 44.9 Å². The Balaban J connectivity index is 1.32. The van der Waals surface area contributed by atoms with E-state index < -0.39 is 11.9 Å². The number of esters is 1. The van der Waals surface area contributed by atoms with Gasteiger partial charge in [-0.2, -0.15) is 0 Å². The number of hydrogen-bond donors (Lipinski definition) is 1. The summed E-state index contributed by atoms with van der Waals surface area (Å²) in [6, 6.07) is 16.9. The summed E-state index contributed by atoms with van der Waals surface area (Å²) in [6.45, 7) is 2.95. The lowest BCUT2D eigenvalue weighted by atomic mass is 9.84. The Bertz CT molecular complexity index is 1220. The molecule has 0 aliphatic heterocycles. The number of carboxylic acid groups (broad SMARTS) is 1. The number of carboxylic acids is 1. The van der Waals surface area contributed by atoms with Gasteiger partial charge in [-0.25, -0.2) is 4.79 Å². The fourth-order valence-electron chi connectivity index (χ4n) is 5.12. The van der Waals surface area contributed by atoms with Crippen molar-refractivity contribution in [2.45, 2.75) is 77.6 Å².